The summed E-state index contributed by atoms with van der Waals surface area (Å²) in [7, 11) is 0. The molecular weight excluding hydrogens is 313 g/mol. The summed E-state index contributed by atoms with van der Waals surface area (Å²) in [6.45, 7) is 10.5. The molecule has 0 bridgehead atoms. The van der Waals surface area contributed by atoms with Crippen molar-refractivity contribution in [3.8, 4) is 5.75 Å². The van der Waals surface area contributed by atoms with Crippen LogP contribution in [0, 0.1) is 17.7 Å². The summed E-state index contributed by atoms with van der Waals surface area (Å²) in [4.78, 5) is 0. The highest BCUT2D eigenvalue weighted by molar-refractivity contribution is 7.90. The van der Waals surface area contributed by atoms with Crippen molar-refractivity contribution in [1.82, 2.24) is 4.72 Å². The molecule has 2 rings (SSSR count). The van der Waals surface area contributed by atoms with Crippen molar-refractivity contribution >= 4 is 11.4 Å². The smallest absolute Gasteiger partial charge is 0.165 e. The minimum atomic E-state index is -1.19. The molecule has 1 N–H and O–H groups in total. The van der Waals surface area contributed by atoms with Gasteiger partial charge in [-0.05, 0) is 63.1 Å². The Kier molecular flexibility index (Phi) is 5.98. The van der Waals surface area contributed by atoms with Gasteiger partial charge in [0.15, 0.2) is 11.6 Å². The van der Waals surface area contributed by atoms with Crippen LogP contribution in [0.5, 0.6) is 5.75 Å². The standard InChI is InChI=1S/C18H28FNO2S/c1-12(2)17(20-23(21)18(3,4)5)14-8-9-15(19)16(10-14)22-11-13-6-7-13/h8-10,12-13,17,20H,6-7,11H2,1-5H3. The summed E-state index contributed by atoms with van der Waals surface area (Å²) >= 11 is -1.19. The molecule has 0 heterocycles. The fraction of sp³-hybridized carbons (Fsp3) is 0.667. The number of benzene rings is 1. The van der Waals surface area contributed by atoms with Gasteiger partial charge < -0.3 is 9.29 Å². The molecule has 0 radical (unpaired) electrons. The molecule has 2 unspecified atom stereocenters. The zero-order valence-electron chi connectivity index (χ0n) is 14.7. The number of hydrogen-bond donors (Lipinski definition) is 1. The third-order valence-corrected chi connectivity index (χ3v) is 5.52. The van der Waals surface area contributed by atoms with Crippen LogP contribution < -0.4 is 9.46 Å². The maximum atomic E-state index is 14.0. The first-order valence-corrected chi connectivity index (χ1v) is 9.43. The van der Waals surface area contributed by atoms with E-state index >= 15 is 0 Å². The molecule has 130 valence electrons. The van der Waals surface area contributed by atoms with Gasteiger partial charge >= 0.3 is 0 Å². The minimum Gasteiger partial charge on any atom is -0.598 e. The molecule has 1 aromatic carbocycles. The third-order valence-electron chi connectivity index (χ3n) is 3.94. The maximum absolute atomic E-state index is 14.0. The van der Waals surface area contributed by atoms with Crippen molar-refractivity contribution in [2.24, 2.45) is 11.8 Å². The van der Waals surface area contributed by atoms with Crippen LogP contribution in [0.4, 0.5) is 4.39 Å². The van der Waals surface area contributed by atoms with Crippen LogP contribution in [0.1, 0.15) is 59.1 Å². The largest absolute Gasteiger partial charge is 0.598 e. The van der Waals surface area contributed by atoms with Crippen LogP contribution in [0.25, 0.3) is 0 Å². The molecule has 2 atom stereocenters. The Morgan fingerprint density at radius 3 is 2.52 bits per heavy atom. The summed E-state index contributed by atoms with van der Waals surface area (Å²) in [5.74, 6) is 0.755. The van der Waals surface area contributed by atoms with E-state index in [2.05, 4.69) is 18.6 Å². The van der Waals surface area contributed by atoms with Crippen molar-refractivity contribution in [3.63, 3.8) is 0 Å². The van der Waals surface area contributed by atoms with E-state index in [0.717, 1.165) is 5.56 Å². The van der Waals surface area contributed by atoms with Gasteiger partial charge in [0, 0.05) is 11.4 Å². The molecule has 0 amide bonds. The van der Waals surface area contributed by atoms with Gasteiger partial charge in [-0.25, -0.2) is 4.39 Å². The number of hydrogen-bond acceptors (Lipinski definition) is 3. The van der Waals surface area contributed by atoms with E-state index in [4.69, 9.17) is 4.74 Å². The monoisotopic (exact) mass is 341 g/mol. The highest BCUT2D eigenvalue weighted by Gasteiger charge is 2.31. The molecule has 3 nitrogen and oxygen atoms in total. The average molecular weight is 341 g/mol. The van der Waals surface area contributed by atoms with E-state index < -0.39 is 11.4 Å². The second-order valence-corrected chi connectivity index (χ2v) is 9.66. The van der Waals surface area contributed by atoms with Crippen LogP contribution in [-0.4, -0.2) is 15.9 Å². The highest BCUT2D eigenvalue weighted by Crippen LogP contribution is 2.32. The molecule has 1 saturated carbocycles. The molecule has 23 heavy (non-hydrogen) atoms. The Morgan fingerprint density at radius 2 is 2.00 bits per heavy atom. The van der Waals surface area contributed by atoms with Crippen LogP contribution in [0.3, 0.4) is 0 Å². The van der Waals surface area contributed by atoms with Crippen LogP contribution in [0.2, 0.25) is 0 Å². The first-order valence-electron chi connectivity index (χ1n) is 8.28. The zero-order valence-corrected chi connectivity index (χ0v) is 15.5. The van der Waals surface area contributed by atoms with Crippen molar-refractivity contribution in [1.29, 1.82) is 0 Å². The van der Waals surface area contributed by atoms with Gasteiger partial charge in [0.25, 0.3) is 0 Å². The van der Waals surface area contributed by atoms with Crippen LogP contribution >= 0.6 is 0 Å². The molecule has 0 aromatic heterocycles. The van der Waals surface area contributed by atoms with E-state index in [1.165, 1.54) is 18.9 Å². The van der Waals surface area contributed by atoms with Gasteiger partial charge in [0.1, 0.15) is 4.75 Å². The number of ether oxygens (including phenoxy) is 1. The van der Waals surface area contributed by atoms with Crippen molar-refractivity contribution < 1.29 is 13.7 Å². The third kappa shape index (κ3) is 5.37. The number of rotatable bonds is 7. The fourth-order valence-electron chi connectivity index (χ4n) is 2.20. The molecular formula is C18H28FNO2S. The lowest BCUT2D eigenvalue weighted by Crippen LogP contribution is -2.42. The molecule has 0 saturated heterocycles. The Morgan fingerprint density at radius 1 is 1.35 bits per heavy atom. The van der Waals surface area contributed by atoms with E-state index in [1.54, 1.807) is 12.1 Å². The topological polar surface area (TPSA) is 44.3 Å². The Balaban J connectivity index is 2.15. The minimum absolute atomic E-state index is 0.112. The molecule has 0 spiro atoms. The Hall–Kier alpha value is -0.780. The maximum Gasteiger partial charge on any atom is 0.165 e. The molecule has 1 aliphatic rings. The van der Waals surface area contributed by atoms with Gasteiger partial charge in [0.05, 0.1) is 12.6 Å². The van der Waals surface area contributed by atoms with Crippen LogP contribution in [-0.2, 0) is 11.4 Å². The predicted octanol–water partition coefficient (Wildman–Crippen LogP) is 4.36. The van der Waals surface area contributed by atoms with Crippen molar-refractivity contribution in [2.45, 2.75) is 58.2 Å². The van der Waals surface area contributed by atoms with Gasteiger partial charge in [-0.15, -0.1) is 4.72 Å². The first-order chi connectivity index (χ1) is 10.7. The Labute approximate surface area is 142 Å². The van der Waals surface area contributed by atoms with Crippen molar-refractivity contribution in [2.75, 3.05) is 6.61 Å². The number of halogens is 1. The van der Waals surface area contributed by atoms with Gasteiger partial charge in [-0.3, -0.25) is 0 Å². The Bertz CT molecular complexity index is 526. The summed E-state index contributed by atoms with van der Waals surface area (Å²) in [5, 5.41) is 0. The van der Waals surface area contributed by atoms with E-state index in [0.29, 0.717) is 18.3 Å². The van der Waals surface area contributed by atoms with Crippen molar-refractivity contribution in [3.05, 3.63) is 29.6 Å². The lowest BCUT2D eigenvalue weighted by atomic mass is 9.97. The molecule has 1 aromatic rings. The molecule has 1 aliphatic carbocycles. The predicted molar refractivity (Wildman–Crippen MR) is 93.2 cm³/mol. The highest BCUT2D eigenvalue weighted by atomic mass is 32.2. The van der Waals surface area contributed by atoms with E-state index in [-0.39, 0.29) is 22.5 Å². The zero-order chi connectivity index (χ0) is 17.2. The lowest BCUT2D eigenvalue weighted by molar-refractivity contribution is 0.284. The van der Waals surface area contributed by atoms with Gasteiger partial charge in [0.2, 0.25) is 0 Å². The normalized spacial score (nSPS) is 18.1. The summed E-state index contributed by atoms with van der Waals surface area (Å²) in [5.41, 5.74) is 0.907. The van der Waals surface area contributed by atoms with E-state index in [9.17, 15) is 8.94 Å². The second kappa shape index (κ2) is 7.41. The second-order valence-electron chi connectivity index (χ2n) is 7.66. The fourth-order valence-corrected chi connectivity index (χ4v) is 3.19. The summed E-state index contributed by atoms with van der Waals surface area (Å²) in [6.07, 6.45) is 2.34. The first kappa shape index (κ1) is 18.6. The number of nitrogens with one attached hydrogen (secondary N) is 1. The quantitative estimate of drug-likeness (QED) is 0.749. The molecule has 0 aliphatic heterocycles. The molecule has 5 heteroatoms. The van der Waals surface area contributed by atoms with E-state index in [1.807, 2.05) is 20.8 Å². The SMILES string of the molecule is CC(C)C(N[S+]([O-])C(C)(C)C)c1ccc(F)c(OCC2CC2)c1. The molecule has 1 fully saturated rings. The van der Waals surface area contributed by atoms with Gasteiger partial charge in [-0.1, -0.05) is 19.9 Å². The lowest BCUT2D eigenvalue weighted by Gasteiger charge is -2.30. The van der Waals surface area contributed by atoms with Crippen LogP contribution in [0.15, 0.2) is 18.2 Å². The van der Waals surface area contributed by atoms with Gasteiger partial charge in [-0.2, -0.15) is 0 Å². The summed E-state index contributed by atoms with van der Waals surface area (Å²) in [6, 6.07) is 4.82. The average Bonchev–Trinajstić information content (AvgIpc) is 3.26. The summed E-state index contributed by atoms with van der Waals surface area (Å²) < 4.78 is 34.8.